The molecule has 3 rings (SSSR count). The van der Waals surface area contributed by atoms with Gasteiger partial charge in [-0.25, -0.2) is 12.8 Å². The van der Waals surface area contributed by atoms with Crippen LogP contribution in [0.1, 0.15) is 35.4 Å². The molecule has 1 aliphatic heterocycles. The van der Waals surface area contributed by atoms with E-state index in [1.165, 1.54) is 6.08 Å². The minimum absolute atomic E-state index is 0. The van der Waals surface area contributed by atoms with Crippen LogP contribution in [0.15, 0.2) is 41.1 Å². The van der Waals surface area contributed by atoms with Crippen molar-refractivity contribution in [3.8, 4) is 0 Å². The Bertz CT molecular complexity index is 965. The van der Waals surface area contributed by atoms with Crippen LogP contribution in [0.25, 0.3) is 0 Å². The van der Waals surface area contributed by atoms with Crippen molar-refractivity contribution >= 4 is 22.4 Å². The highest BCUT2D eigenvalue weighted by Gasteiger charge is 2.27. The molecule has 9 heteroatoms. The first-order valence-electron chi connectivity index (χ1n) is 9.49. The number of nitrogens with two attached hydrogens (primary N) is 1. The SMILES string of the molecule is Cc1nn(C/C(F)=C/CN)c(C)c1Cc1ccc(S(=O)(=O)N2CCCC2)cc1.Cl. The number of allylic oxidation sites excluding steroid dienone is 1. The van der Waals surface area contributed by atoms with Gasteiger partial charge >= 0.3 is 0 Å². The average molecular weight is 443 g/mol. The molecule has 0 amide bonds. The molecule has 0 saturated carbocycles. The highest BCUT2D eigenvalue weighted by Crippen LogP contribution is 2.23. The number of nitrogens with zero attached hydrogens (tertiary/aromatic N) is 3. The van der Waals surface area contributed by atoms with E-state index in [9.17, 15) is 12.8 Å². The highest BCUT2D eigenvalue weighted by atomic mass is 35.5. The summed E-state index contributed by atoms with van der Waals surface area (Å²) in [5.41, 5.74) is 9.10. The quantitative estimate of drug-likeness (QED) is 0.714. The van der Waals surface area contributed by atoms with Crippen molar-refractivity contribution in [1.82, 2.24) is 14.1 Å². The molecule has 1 aromatic heterocycles. The smallest absolute Gasteiger partial charge is 0.243 e. The van der Waals surface area contributed by atoms with Crippen molar-refractivity contribution in [3.05, 3.63) is 58.7 Å². The summed E-state index contributed by atoms with van der Waals surface area (Å²) in [6.45, 7) is 5.22. The largest absolute Gasteiger partial charge is 0.327 e. The monoisotopic (exact) mass is 442 g/mol. The molecule has 2 N–H and O–H groups in total. The van der Waals surface area contributed by atoms with Gasteiger partial charge in [-0.3, -0.25) is 4.68 Å². The fourth-order valence-electron chi connectivity index (χ4n) is 3.54. The van der Waals surface area contributed by atoms with Crippen LogP contribution in [-0.4, -0.2) is 42.1 Å². The van der Waals surface area contributed by atoms with Crippen LogP contribution in [0.3, 0.4) is 0 Å². The molecule has 0 aliphatic carbocycles. The lowest BCUT2D eigenvalue weighted by atomic mass is 10.0. The van der Waals surface area contributed by atoms with Crippen LogP contribution in [0.4, 0.5) is 4.39 Å². The standard InChI is InChI=1S/C20H27FN4O2S.ClH/c1-15-20(16(2)25(23-15)14-18(21)9-10-22)13-17-5-7-19(8-6-17)28(26,27)24-11-3-4-12-24;/h5-9H,3-4,10-14,22H2,1-2H3;1H/b18-9-;. The Morgan fingerprint density at radius 3 is 2.41 bits per heavy atom. The predicted molar refractivity (Wildman–Crippen MR) is 114 cm³/mol. The van der Waals surface area contributed by atoms with E-state index in [1.54, 1.807) is 21.1 Å². The van der Waals surface area contributed by atoms with Crippen LogP contribution in [-0.2, 0) is 23.0 Å². The summed E-state index contributed by atoms with van der Waals surface area (Å²) >= 11 is 0. The Balaban J connectivity index is 0.00000300. The second-order valence-corrected chi connectivity index (χ2v) is 9.06. The van der Waals surface area contributed by atoms with Crippen LogP contribution in [0.2, 0.25) is 0 Å². The third kappa shape index (κ3) is 5.25. The van der Waals surface area contributed by atoms with Gasteiger partial charge in [0.2, 0.25) is 10.0 Å². The van der Waals surface area contributed by atoms with Gasteiger partial charge in [0.25, 0.3) is 0 Å². The molecule has 0 radical (unpaired) electrons. The first kappa shape index (κ1) is 23.5. The number of halogens is 2. The first-order chi connectivity index (χ1) is 13.3. The summed E-state index contributed by atoms with van der Waals surface area (Å²) < 4.78 is 42.2. The number of aromatic nitrogens is 2. The van der Waals surface area contributed by atoms with Crippen molar-refractivity contribution in [2.75, 3.05) is 19.6 Å². The fourth-order valence-corrected chi connectivity index (χ4v) is 5.06. The molecule has 0 unspecified atom stereocenters. The number of rotatable bonds is 7. The van der Waals surface area contributed by atoms with E-state index in [1.807, 2.05) is 26.0 Å². The summed E-state index contributed by atoms with van der Waals surface area (Å²) in [4.78, 5) is 0.330. The van der Waals surface area contributed by atoms with Crippen molar-refractivity contribution in [1.29, 1.82) is 0 Å². The summed E-state index contributed by atoms with van der Waals surface area (Å²) in [5.74, 6) is -0.309. The van der Waals surface area contributed by atoms with Gasteiger partial charge in [0.1, 0.15) is 5.83 Å². The lowest BCUT2D eigenvalue weighted by Gasteiger charge is -2.15. The zero-order valence-electron chi connectivity index (χ0n) is 16.8. The number of benzene rings is 1. The van der Waals surface area contributed by atoms with Crippen molar-refractivity contribution in [2.45, 2.75) is 44.6 Å². The van der Waals surface area contributed by atoms with E-state index in [0.29, 0.717) is 24.4 Å². The molecule has 2 heterocycles. The maximum Gasteiger partial charge on any atom is 0.243 e. The molecule has 2 aromatic rings. The van der Waals surface area contributed by atoms with E-state index < -0.39 is 10.0 Å². The van der Waals surface area contributed by atoms with Gasteiger partial charge in [-0.05, 0) is 50.5 Å². The summed E-state index contributed by atoms with van der Waals surface area (Å²) in [7, 11) is -3.40. The number of aryl methyl sites for hydroxylation is 1. The Kier molecular flexibility index (Phi) is 7.99. The van der Waals surface area contributed by atoms with Gasteiger partial charge in [-0.1, -0.05) is 12.1 Å². The Hall–Kier alpha value is -1.74. The third-order valence-electron chi connectivity index (χ3n) is 5.18. The van der Waals surface area contributed by atoms with E-state index in [4.69, 9.17) is 5.73 Å². The van der Waals surface area contributed by atoms with Crippen LogP contribution >= 0.6 is 12.4 Å². The van der Waals surface area contributed by atoms with Gasteiger partial charge in [0, 0.05) is 37.3 Å². The van der Waals surface area contributed by atoms with E-state index in [0.717, 1.165) is 35.4 Å². The Morgan fingerprint density at radius 1 is 1.21 bits per heavy atom. The predicted octanol–water partition coefficient (Wildman–Crippen LogP) is 3.11. The molecule has 1 fully saturated rings. The van der Waals surface area contributed by atoms with Crippen LogP contribution in [0, 0.1) is 13.8 Å². The molecular weight excluding hydrogens is 415 g/mol. The minimum Gasteiger partial charge on any atom is -0.327 e. The molecule has 29 heavy (non-hydrogen) atoms. The van der Waals surface area contributed by atoms with Gasteiger partial charge in [0.15, 0.2) is 0 Å². The van der Waals surface area contributed by atoms with E-state index >= 15 is 0 Å². The summed E-state index contributed by atoms with van der Waals surface area (Å²) in [6.07, 6.45) is 3.79. The maximum atomic E-state index is 13.8. The molecule has 1 aliphatic rings. The van der Waals surface area contributed by atoms with Gasteiger partial charge < -0.3 is 5.73 Å². The lowest BCUT2D eigenvalue weighted by Crippen LogP contribution is -2.27. The first-order valence-corrected chi connectivity index (χ1v) is 10.9. The second kappa shape index (κ2) is 9.84. The third-order valence-corrected chi connectivity index (χ3v) is 7.09. The van der Waals surface area contributed by atoms with E-state index in [-0.39, 0.29) is 31.3 Å². The van der Waals surface area contributed by atoms with Crippen molar-refractivity contribution in [2.24, 2.45) is 5.73 Å². The number of hydrogen-bond donors (Lipinski definition) is 1. The fraction of sp³-hybridized carbons (Fsp3) is 0.450. The van der Waals surface area contributed by atoms with Gasteiger partial charge in [-0.2, -0.15) is 9.40 Å². The molecule has 1 saturated heterocycles. The molecule has 0 bridgehead atoms. The normalized spacial score (nSPS) is 15.5. The Morgan fingerprint density at radius 2 is 1.83 bits per heavy atom. The van der Waals surface area contributed by atoms with Gasteiger partial charge in [-0.15, -0.1) is 12.4 Å². The minimum atomic E-state index is -3.40. The van der Waals surface area contributed by atoms with Gasteiger partial charge in [0.05, 0.1) is 17.1 Å². The molecule has 160 valence electrons. The number of sulfonamides is 1. The zero-order valence-corrected chi connectivity index (χ0v) is 18.4. The zero-order chi connectivity index (χ0) is 20.3. The van der Waals surface area contributed by atoms with Crippen molar-refractivity contribution in [3.63, 3.8) is 0 Å². The molecular formula is C20H28ClFN4O2S. The molecule has 1 aromatic carbocycles. The average Bonchev–Trinajstić information content (AvgIpc) is 3.28. The van der Waals surface area contributed by atoms with Crippen LogP contribution < -0.4 is 5.73 Å². The van der Waals surface area contributed by atoms with E-state index in [2.05, 4.69) is 5.10 Å². The second-order valence-electron chi connectivity index (χ2n) is 7.13. The van der Waals surface area contributed by atoms with Crippen LogP contribution in [0.5, 0.6) is 0 Å². The van der Waals surface area contributed by atoms with Crippen molar-refractivity contribution < 1.29 is 12.8 Å². The maximum absolute atomic E-state index is 13.8. The topological polar surface area (TPSA) is 81.2 Å². The lowest BCUT2D eigenvalue weighted by molar-refractivity contribution is 0.477. The molecule has 6 nitrogen and oxygen atoms in total. The highest BCUT2D eigenvalue weighted by molar-refractivity contribution is 7.89. The summed E-state index contributed by atoms with van der Waals surface area (Å²) in [6, 6.07) is 7.02. The number of hydrogen-bond acceptors (Lipinski definition) is 4. The summed E-state index contributed by atoms with van der Waals surface area (Å²) in [5, 5.41) is 4.43. The molecule has 0 atom stereocenters. The Labute approximate surface area is 178 Å². The molecule has 0 spiro atoms.